The number of aromatic nitrogens is 1. The van der Waals surface area contributed by atoms with Gasteiger partial charge in [-0.3, -0.25) is 4.79 Å². The van der Waals surface area contributed by atoms with Crippen LogP contribution in [0.15, 0.2) is 28.0 Å². The summed E-state index contributed by atoms with van der Waals surface area (Å²) in [5, 5.41) is 11.1. The maximum absolute atomic E-state index is 12.1. The molecule has 0 saturated heterocycles. The van der Waals surface area contributed by atoms with Crippen LogP contribution in [0.5, 0.6) is 5.75 Å². The van der Waals surface area contributed by atoms with Crippen molar-refractivity contribution in [3.05, 3.63) is 43.3 Å². The van der Waals surface area contributed by atoms with Gasteiger partial charge in [0.15, 0.2) is 6.61 Å². The molecule has 0 unspecified atom stereocenters. The average Bonchev–Trinajstić information content (AvgIpc) is 3.32. The van der Waals surface area contributed by atoms with Gasteiger partial charge in [0.2, 0.25) is 0 Å². The molecular weight excluding hydrogens is 406 g/mol. The number of halogens is 1. The number of aliphatic carboxylic acids is 1. The summed E-state index contributed by atoms with van der Waals surface area (Å²) in [6.07, 6.45) is 3.72. The number of hydrogen-bond acceptors (Lipinski definition) is 5. The molecule has 1 aliphatic heterocycles. The second-order valence-electron chi connectivity index (χ2n) is 7.54. The highest BCUT2D eigenvalue weighted by molar-refractivity contribution is 8.00. The second kappa shape index (κ2) is 6.57. The van der Waals surface area contributed by atoms with Crippen LogP contribution in [0.25, 0.3) is 0 Å². The van der Waals surface area contributed by atoms with E-state index in [9.17, 15) is 9.59 Å². The number of fused-ring (bicyclic) bond motifs is 6. The Morgan fingerprint density at radius 3 is 2.96 bits per heavy atom. The van der Waals surface area contributed by atoms with E-state index in [0.717, 1.165) is 15.5 Å². The van der Waals surface area contributed by atoms with Gasteiger partial charge in [-0.2, -0.15) is 0 Å². The molecule has 3 aliphatic rings. The summed E-state index contributed by atoms with van der Waals surface area (Å²) < 4.78 is 5.61. The van der Waals surface area contributed by atoms with Gasteiger partial charge in [-0.15, -0.1) is 11.8 Å². The summed E-state index contributed by atoms with van der Waals surface area (Å²) in [4.78, 5) is 27.1. The van der Waals surface area contributed by atoms with Gasteiger partial charge >= 0.3 is 10.8 Å². The highest BCUT2D eigenvalue weighted by Crippen LogP contribution is 2.64. The standard InChI is InChI=1S/C19H18ClNO4S2/c20-10-3-4-12(25-7-13(22)23)11(6-10)15-14-8-1-2-9(5-8)16(14)26-18-17(15)27-19(24)21-18/h3-4,6,8-9,14-16H,1-2,5,7H2,(H,21,24)(H,22,23)/t8-,9+,14+,15-,16+/m0/s1. The molecular formula is C19H18ClNO4S2. The Bertz CT molecular complexity index is 971. The van der Waals surface area contributed by atoms with Gasteiger partial charge in [-0.25, -0.2) is 4.79 Å². The van der Waals surface area contributed by atoms with Gasteiger partial charge in [0.1, 0.15) is 5.75 Å². The van der Waals surface area contributed by atoms with Gasteiger partial charge in [-0.1, -0.05) is 22.9 Å². The summed E-state index contributed by atoms with van der Waals surface area (Å²) in [5.74, 6) is 1.30. The zero-order valence-electron chi connectivity index (χ0n) is 14.3. The maximum Gasteiger partial charge on any atom is 0.341 e. The molecule has 5 atom stereocenters. The van der Waals surface area contributed by atoms with Gasteiger partial charge in [-0.05, 0) is 55.2 Å². The predicted molar refractivity (Wildman–Crippen MR) is 105 cm³/mol. The van der Waals surface area contributed by atoms with Gasteiger partial charge in [0, 0.05) is 26.6 Å². The zero-order valence-corrected chi connectivity index (χ0v) is 16.7. The van der Waals surface area contributed by atoms with Crippen molar-refractivity contribution in [3.8, 4) is 5.75 Å². The number of aromatic amines is 1. The number of H-pyrrole nitrogens is 1. The number of thioether (sulfide) groups is 1. The number of carboxylic acids is 1. The third kappa shape index (κ3) is 2.91. The molecule has 0 amide bonds. The predicted octanol–water partition coefficient (Wildman–Crippen LogP) is 4.21. The van der Waals surface area contributed by atoms with E-state index < -0.39 is 12.6 Å². The summed E-state index contributed by atoms with van der Waals surface area (Å²) in [6, 6.07) is 5.36. The van der Waals surface area contributed by atoms with E-state index in [2.05, 4.69) is 4.98 Å². The van der Waals surface area contributed by atoms with Crippen LogP contribution in [0, 0.1) is 17.8 Å². The molecule has 5 nitrogen and oxygen atoms in total. The molecule has 5 rings (SSSR count). The number of benzene rings is 1. The van der Waals surface area contributed by atoms with E-state index in [-0.39, 0.29) is 10.8 Å². The minimum absolute atomic E-state index is 0.0213. The van der Waals surface area contributed by atoms with E-state index in [1.165, 1.54) is 30.6 Å². The Kier molecular flexibility index (Phi) is 4.29. The minimum atomic E-state index is -1.01. The van der Waals surface area contributed by atoms with Crippen LogP contribution in [0.1, 0.15) is 35.6 Å². The monoisotopic (exact) mass is 423 g/mol. The number of carboxylic acid groups (broad SMARTS) is 1. The van der Waals surface area contributed by atoms with Crippen LogP contribution in [-0.2, 0) is 4.79 Å². The first-order valence-corrected chi connectivity index (χ1v) is 11.1. The Morgan fingerprint density at radius 1 is 1.33 bits per heavy atom. The van der Waals surface area contributed by atoms with E-state index in [4.69, 9.17) is 21.4 Å². The van der Waals surface area contributed by atoms with Crippen molar-refractivity contribution in [3.63, 3.8) is 0 Å². The van der Waals surface area contributed by atoms with Crippen molar-refractivity contribution in [1.29, 1.82) is 0 Å². The quantitative estimate of drug-likeness (QED) is 0.770. The molecule has 2 aromatic rings. The zero-order chi connectivity index (χ0) is 18.7. The lowest BCUT2D eigenvalue weighted by molar-refractivity contribution is -0.139. The highest BCUT2D eigenvalue weighted by atomic mass is 35.5. The fourth-order valence-corrected chi connectivity index (χ4v) is 8.30. The molecule has 2 N–H and O–H groups in total. The number of nitrogens with one attached hydrogen (secondary N) is 1. The smallest absolute Gasteiger partial charge is 0.341 e. The summed E-state index contributed by atoms with van der Waals surface area (Å²) in [7, 11) is 0. The molecule has 2 aliphatic carbocycles. The Balaban J connectivity index is 1.65. The number of carbonyl (C=O) groups is 1. The van der Waals surface area contributed by atoms with Crippen LogP contribution in [0.3, 0.4) is 0 Å². The normalized spacial score (nSPS) is 30.8. The largest absolute Gasteiger partial charge is 0.482 e. The van der Waals surface area contributed by atoms with E-state index in [1.54, 1.807) is 12.1 Å². The van der Waals surface area contributed by atoms with E-state index >= 15 is 0 Å². The molecule has 2 heterocycles. The Morgan fingerprint density at radius 2 is 2.15 bits per heavy atom. The van der Waals surface area contributed by atoms with Gasteiger partial charge < -0.3 is 14.8 Å². The lowest BCUT2D eigenvalue weighted by atomic mass is 9.74. The topological polar surface area (TPSA) is 79.4 Å². The number of thiazole rings is 1. The van der Waals surface area contributed by atoms with Gasteiger partial charge in [0.25, 0.3) is 0 Å². The molecule has 1 aromatic heterocycles. The summed E-state index contributed by atoms with van der Waals surface area (Å²) in [5.41, 5.74) is 0.906. The number of rotatable bonds is 4. The molecule has 27 heavy (non-hydrogen) atoms. The summed E-state index contributed by atoms with van der Waals surface area (Å²) in [6.45, 7) is -0.396. The SMILES string of the molecule is O=C(O)COc1ccc(Cl)cc1[C@@H]1c2sc(=O)[nH]c2S[C@@H]2[C@@H]3CC[C@@H](C3)[C@H]12. The summed E-state index contributed by atoms with van der Waals surface area (Å²) >= 11 is 9.40. The molecule has 2 bridgehead atoms. The van der Waals surface area contributed by atoms with E-state index in [0.29, 0.717) is 33.8 Å². The number of ether oxygens (including phenoxy) is 1. The van der Waals surface area contributed by atoms with Crippen LogP contribution < -0.4 is 9.61 Å². The first kappa shape index (κ1) is 17.6. The third-order valence-electron chi connectivity index (χ3n) is 6.12. The van der Waals surface area contributed by atoms with Crippen molar-refractivity contribution in [2.75, 3.05) is 6.61 Å². The van der Waals surface area contributed by atoms with Gasteiger partial charge in [0.05, 0.1) is 5.03 Å². The fourth-order valence-electron chi connectivity index (χ4n) is 5.23. The average molecular weight is 424 g/mol. The second-order valence-corrected chi connectivity index (χ2v) is 10.2. The van der Waals surface area contributed by atoms with Crippen molar-refractivity contribution < 1.29 is 14.6 Å². The van der Waals surface area contributed by atoms with E-state index in [1.807, 2.05) is 17.8 Å². The van der Waals surface area contributed by atoms with Crippen molar-refractivity contribution in [1.82, 2.24) is 4.98 Å². The molecule has 2 saturated carbocycles. The highest BCUT2D eigenvalue weighted by Gasteiger charge is 2.55. The van der Waals surface area contributed by atoms with Crippen LogP contribution in [-0.4, -0.2) is 27.9 Å². The molecule has 142 valence electrons. The number of hydrogen-bond donors (Lipinski definition) is 2. The molecule has 0 radical (unpaired) electrons. The van der Waals surface area contributed by atoms with Crippen LogP contribution in [0.4, 0.5) is 0 Å². The van der Waals surface area contributed by atoms with Crippen LogP contribution in [0.2, 0.25) is 5.02 Å². The Hall–Kier alpha value is -1.44. The fraction of sp³-hybridized carbons (Fsp3) is 0.474. The molecule has 0 spiro atoms. The molecule has 8 heteroatoms. The molecule has 2 fully saturated rings. The molecule has 1 aromatic carbocycles. The third-order valence-corrected chi connectivity index (χ3v) is 8.98. The Labute approximate surface area is 169 Å². The van der Waals surface area contributed by atoms with Crippen LogP contribution >= 0.6 is 34.7 Å². The first-order chi connectivity index (χ1) is 13.0. The minimum Gasteiger partial charge on any atom is -0.482 e. The van der Waals surface area contributed by atoms with Crippen molar-refractivity contribution in [2.45, 2.75) is 35.5 Å². The van der Waals surface area contributed by atoms with Crippen molar-refractivity contribution >= 4 is 40.7 Å². The lowest BCUT2D eigenvalue weighted by Crippen LogP contribution is -2.34. The maximum atomic E-state index is 12.1. The first-order valence-electron chi connectivity index (χ1n) is 9.05. The van der Waals surface area contributed by atoms with Crippen molar-refractivity contribution in [2.24, 2.45) is 17.8 Å². The lowest BCUT2D eigenvalue weighted by Gasteiger charge is -2.40.